The van der Waals surface area contributed by atoms with E-state index in [1.54, 1.807) is 18.2 Å². The van der Waals surface area contributed by atoms with Gasteiger partial charge in [0.05, 0.1) is 5.52 Å². The van der Waals surface area contributed by atoms with Crippen molar-refractivity contribution in [1.29, 1.82) is 0 Å². The number of carbonyl (C=O) groups is 2. The van der Waals surface area contributed by atoms with Gasteiger partial charge in [0.2, 0.25) is 0 Å². The summed E-state index contributed by atoms with van der Waals surface area (Å²) >= 11 is 0. The molecule has 0 radical (unpaired) electrons. The second-order valence-corrected chi connectivity index (χ2v) is 5.11. The molecule has 0 unspecified atom stereocenters. The average Bonchev–Trinajstić information content (AvgIpc) is 2.95. The van der Waals surface area contributed by atoms with Crippen LogP contribution in [-0.2, 0) is 11.3 Å². The Kier molecular flexibility index (Phi) is 5.65. The summed E-state index contributed by atoms with van der Waals surface area (Å²) in [5.41, 5.74) is 6.32. The van der Waals surface area contributed by atoms with Gasteiger partial charge in [-0.2, -0.15) is 5.10 Å². The third kappa shape index (κ3) is 4.21. The Morgan fingerprint density at radius 3 is 2.81 bits per heavy atom. The molecule has 0 saturated heterocycles. The van der Waals surface area contributed by atoms with Crippen LogP contribution in [0.15, 0.2) is 46.9 Å². The highest BCUT2D eigenvalue weighted by atomic mass is 19.1. The number of nitrogens with two attached hydrogens (primary N) is 1. The number of hydrogen-bond acceptors (Lipinski definition) is 4. The number of nitrogens with zero attached hydrogens (tertiary/aromatic N) is 3. The van der Waals surface area contributed by atoms with Gasteiger partial charge in [-0.05, 0) is 37.8 Å². The molecule has 0 spiro atoms. The maximum absolute atomic E-state index is 13.3. The van der Waals surface area contributed by atoms with Crippen LogP contribution >= 0.6 is 0 Å². The second kappa shape index (κ2) is 7.90. The Morgan fingerprint density at radius 2 is 2.23 bits per heavy atom. The molecule has 2 rings (SSSR count). The molecule has 0 aliphatic rings. The van der Waals surface area contributed by atoms with Crippen LogP contribution in [-0.4, -0.2) is 33.5 Å². The van der Waals surface area contributed by atoms with E-state index in [2.05, 4.69) is 28.6 Å². The number of rotatable bonds is 5. The fourth-order valence-corrected chi connectivity index (χ4v) is 2.16. The lowest BCUT2D eigenvalue weighted by atomic mass is 10.1. The molecule has 0 fully saturated rings. The normalized spacial score (nSPS) is 11.8. The average molecular weight is 354 g/mol. The van der Waals surface area contributed by atoms with E-state index in [4.69, 9.17) is 10.8 Å². The number of aliphatic carboxylic acids is 1. The first-order valence-electron chi connectivity index (χ1n) is 7.40. The molecule has 132 valence electrons. The van der Waals surface area contributed by atoms with Crippen LogP contribution in [0, 0.1) is 11.8 Å². The SMILES string of the molecule is C=N/C(C#Cc1ccc2c(c1)c(C(N)=O)nn2CC(=O)O)=C\C(F)=C/C. The first kappa shape index (κ1) is 18.6. The monoisotopic (exact) mass is 354 g/mol. The maximum Gasteiger partial charge on any atom is 0.325 e. The Labute approximate surface area is 148 Å². The number of benzene rings is 1. The van der Waals surface area contributed by atoms with Gasteiger partial charge in [0.15, 0.2) is 5.69 Å². The molecule has 0 aliphatic heterocycles. The van der Waals surface area contributed by atoms with Crippen LogP contribution in [0.1, 0.15) is 23.0 Å². The number of primary amides is 1. The Morgan fingerprint density at radius 1 is 1.50 bits per heavy atom. The quantitative estimate of drug-likeness (QED) is 0.486. The van der Waals surface area contributed by atoms with E-state index in [1.165, 1.54) is 17.7 Å². The van der Waals surface area contributed by atoms with E-state index in [-0.39, 0.29) is 11.4 Å². The molecule has 7 nitrogen and oxygen atoms in total. The van der Waals surface area contributed by atoms with Crippen LogP contribution in [0.4, 0.5) is 4.39 Å². The minimum absolute atomic E-state index is 0.0533. The molecule has 1 amide bonds. The van der Waals surface area contributed by atoms with Crippen LogP contribution in [0.5, 0.6) is 0 Å². The molecule has 1 heterocycles. The predicted molar refractivity (Wildman–Crippen MR) is 95.3 cm³/mol. The third-order valence-corrected chi connectivity index (χ3v) is 3.32. The van der Waals surface area contributed by atoms with E-state index in [1.807, 2.05) is 0 Å². The van der Waals surface area contributed by atoms with Crippen LogP contribution in [0.2, 0.25) is 0 Å². The van der Waals surface area contributed by atoms with Gasteiger partial charge in [-0.15, -0.1) is 0 Å². The van der Waals surface area contributed by atoms with Crippen molar-refractivity contribution in [3.05, 3.63) is 53.1 Å². The predicted octanol–water partition coefficient (Wildman–Crippen LogP) is 2.03. The largest absolute Gasteiger partial charge is 0.480 e. The van der Waals surface area contributed by atoms with E-state index >= 15 is 0 Å². The van der Waals surface area contributed by atoms with Crippen molar-refractivity contribution in [2.24, 2.45) is 10.7 Å². The summed E-state index contributed by atoms with van der Waals surface area (Å²) in [6, 6.07) is 4.76. The summed E-state index contributed by atoms with van der Waals surface area (Å²) in [5, 5.41) is 13.3. The molecule has 1 aromatic heterocycles. The van der Waals surface area contributed by atoms with Gasteiger partial charge in [0.25, 0.3) is 5.91 Å². The number of aromatic nitrogens is 2. The number of hydrogen-bond donors (Lipinski definition) is 2. The van der Waals surface area contributed by atoms with Crippen molar-refractivity contribution in [2.45, 2.75) is 13.5 Å². The highest BCUT2D eigenvalue weighted by Crippen LogP contribution is 2.20. The molecule has 0 aliphatic carbocycles. The number of allylic oxidation sites excluding steroid dienone is 4. The van der Waals surface area contributed by atoms with Gasteiger partial charge in [-0.3, -0.25) is 19.3 Å². The van der Waals surface area contributed by atoms with Gasteiger partial charge in [0, 0.05) is 17.0 Å². The Balaban J connectivity index is 2.52. The van der Waals surface area contributed by atoms with Gasteiger partial charge in [0.1, 0.15) is 18.1 Å². The van der Waals surface area contributed by atoms with Crippen molar-refractivity contribution in [3.8, 4) is 11.8 Å². The minimum Gasteiger partial charge on any atom is -0.480 e. The molecule has 26 heavy (non-hydrogen) atoms. The summed E-state index contributed by atoms with van der Waals surface area (Å²) < 4.78 is 14.4. The molecule has 2 aromatic rings. The lowest BCUT2D eigenvalue weighted by molar-refractivity contribution is -0.137. The lowest BCUT2D eigenvalue weighted by Crippen LogP contribution is -2.14. The highest BCUT2D eigenvalue weighted by molar-refractivity contribution is 6.04. The number of carboxylic acids is 1. The van der Waals surface area contributed by atoms with Crippen LogP contribution < -0.4 is 5.73 Å². The zero-order valence-electron chi connectivity index (χ0n) is 13.9. The second-order valence-electron chi connectivity index (χ2n) is 5.11. The minimum atomic E-state index is -1.10. The number of carboxylic acid groups (broad SMARTS) is 1. The standard InChI is InChI=1S/C18H15FN4O3/c1-3-12(19)9-13(21-2)6-4-11-5-7-15-14(8-11)17(18(20)26)22-23(15)10-16(24)25/h3,5,7-9H,2,10H2,1H3,(H2,20,26)(H,24,25)/b12-3+,13-9-. The fraction of sp³-hybridized carbons (Fsp3) is 0.111. The molecule has 8 heteroatoms. The molecule has 1 aromatic carbocycles. The summed E-state index contributed by atoms with van der Waals surface area (Å²) in [6.07, 6.45) is 2.40. The third-order valence-electron chi connectivity index (χ3n) is 3.32. The van der Waals surface area contributed by atoms with Crippen molar-refractivity contribution in [2.75, 3.05) is 0 Å². The van der Waals surface area contributed by atoms with E-state index in [9.17, 15) is 14.0 Å². The van der Waals surface area contributed by atoms with Crippen molar-refractivity contribution >= 4 is 29.5 Å². The summed E-state index contributed by atoms with van der Waals surface area (Å²) in [4.78, 5) is 26.1. The number of halogens is 1. The summed E-state index contributed by atoms with van der Waals surface area (Å²) in [6.45, 7) is 4.46. The van der Waals surface area contributed by atoms with Crippen molar-refractivity contribution in [1.82, 2.24) is 9.78 Å². The van der Waals surface area contributed by atoms with Crippen molar-refractivity contribution < 1.29 is 19.1 Å². The fourth-order valence-electron chi connectivity index (χ4n) is 2.16. The van der Waals surface area contributed by atoms with Gasteiger partial charge < -0.3 is 10.8 Å². The smallest absolute Gasteiger partial charge is 0.325 e. The highest BCUT2D eigenvalue weighted by Gasteiger charge is 2.16. The lowest BCUT2D eigenvalue weighted by Gasteiger charge is -1.99. The molecular formula is C18H15FN4O3. The number of aliphatic imine (C=N–C) groups is 1. The summed E-state index contributed by atoms with van der Waals surface area (Å²) in [5.74, 6) is 3.06. The first-order valence-corrected chi connectivity index (χ1v) is 7.40. The molecular weight excluding hydrogens is 339 g/mol. The number of amides is 1. The van der Waals surface area contributed by atoms with Gasteiger partial charge in [-0.25, -0.2) is 4.39 Å². The first-order chi connectivity index (χ1) is 12.3. The summed E-state index contributed by atoms with van der Waals surface area (Å²) in [7, 11) is 0. The van der Waals surface area contributed by atoms with Gasteiger partial charge >= 0.3 is 5.97 Å². The van der Waals surface area contributed by atoms with E-state index in [0.29, 0.717) is 16.5 Å². The molecule has 0 saturated carbocycles. The zero-order chi connectivity index (χ0) is 19.3. The van der Waals surface area contributed by atoms with Gasteiger partial charge in [-0.1, -0.05) is 12.0 Å². The number of carbonyl (C=O) groups excluding carboxylic acids is 1. The number of fused-ring (bicyclic) bond motifs is 1. The Hall–Kier alpha value is -3.73. The molecule has 3 N–H and O–H groups in total. The van der Waals surface area contributed by atoms with Crippen LogP contribution in [0.25, 0.3) is 10.9 Å². The Bertz CT molecular complexity index is 1020. The zero-order valence-corrected chi connectivity index (χ0v) is 13.9. The van der Waals surface area contributed by atoms with Crippen molar-refractivity contribution in [3.63, 3.8) is 0 Å². The maximum atomic E-state index is 13.3. The van der Waals surface area contributed by atoms with E-state index < -0.39 is 24.2 Å². The topological polar surface area (TPSA) is 111 Å². The molecule has 0 bridgehead atoms. The molecule has 0 atom stereocenters. The van der Waals surface area contributed by atoms with E-state index in [0.717, 1.165) is 6.08 Å². The van der Waals surface area contributed by atoms with Crippen LogP contribution in [0.3, 0.4) is 0 Å².